The Labute approximate surface area is 120 Å². The minimum absolute atomic E-state index is 0.0457. The van der Waals surface area contributed by atoms with Gasteiger partial charge in [0.05, 0.1) is 15.6 Å². The van der Waals surface area contributed by atoms with E-state index in [1.165, 1.54) is 0 Å². The summed E-state index contributed by atoms with van der Waals surface area (Å²) in [4.78, 5) is -0.339. The monoisotopic (exact) mass is 327 g/mol. The van der Waals surface area contributed by atoms with Gasteiger partial charge in [-0.2, -0.15) is 4.31 Å². The third kappa shape index (κ3) is 2.73. The standard InChI is InChI=1S/C11H12Cl2FNO3S/c1-11(16)4-5-15(6-11)19(17,18)8-3-2-7(12)10(14)9(8)13/h2-3,16H,4-6H2,1H3. The smallest absolute Gasteiger partial charge is 0.244 e. The van der Waals surface area contributed by atoms with Gasteiger partial charge in [0, 0.05) is 13.1 Å². The molecule has 1 aromatic rings. The van der Waals surface area contributed by atoms with Crippen LogP contribution in [0.4, 0.5) is 4.39 Å². The Kier molecular flexibility index (Phi) is 3.83. The molecule has 0 saturated carbocycles. The molecule has 0 bridgehead atoms. The van der Waals surface area contributed by atoms with Crippen molar-refractivity contribution in [2.75, 3.05) is 13.1 Å². The second-order valence-corrected chi connectivity index (χ2v) is 7.45. The van der Waals surface area contributed by atoms with E-state index >= 15 is 0 Å². The molecule has 106 valence electrons. The maximum atomic E-state index is 13.6. The van der Waals surface area contributed by atoms with Gasteiger partial charge in [-0.1, -0.05) is 23.2 Å². The van der Waals surface area contributed by atoms with E-state index in [0.717, 1.165) is 16.4 Å². The lowest BCUT2D eigenvalue weighted by molar-refractivity contribution is 0.0762. The Bertz CT molecular complexity index is 619. The van der Waals surface area contributed by atoms with Crippen molar-refractivity contribution in [1.82, 2.24) is 4.31 Å². The minimum Gasteiger partial charge on any atom is -0.389 e. The lowest BCUT2D eigenvalue weighted by atomic mass is 10.1. The summed E-state index contributed by atoms with van der Waals surface area (Å²) < 4.78 is 39.3. The maximum Gasteiger partial charge on any atom is 0.244 e. The SMILES string of the molecule is CC1(O)CCN(S(=O)(=O)c2ccc(Cl)c(F)c2Cl)C1. The molecule has 1 N–H and O–H groups in total. The number of rotatable bonds is 2. The average molecular weight is 328 g/mol. The molecule has 1 fully saturated rings. The summed E-state index contributed by atoms with van der Waals surface area (Å²) in [5.74, 6) is -0.963. The third-order valence-electron chi connectivity index (χ3n) is 3.03. The molecule has 8 heteroatoms. The van der Waals surface area contributed by atoms with Crippen LogP contribution in [-0.2, 0) is 10.0 Å². The van der Waals surface area contributed by atoms with Gasteiger partial charge in [-0.3, -0.25) is 0 Å². The van der Waals surface area contributed by atoms with Crippen LogP contribution in [0, 0.1) is 5.82 Å². The van der Waals surface area contributed by atoms with Crippen molar-refractivity contribution < 1.29 is 17.9 Å². The number of β-amino-alcohol motifs (C(OH)–C–C–N with tert-alkyl or cyclic N) is 1. The number of hydrogen-bond donors (Lipinski definition) is 1. The van der Waals surface area contributed by atoms with Crippen LogP contribution >= 0.6 is 23.2 Å². The van der Waals surface area contributed by atoms with Crippen LogP contribution in [0.15, 0.2) is 17.0 Å². The first kappa shape index (κ1) is 15.0. The first-order valence-electron chi connectivity index (χ1n) is 5.51. The van der Waals surface area contributed by atoms with Gasteiger partial charge in [0.2, 0.25) is 10.0 Å². The molecule has 4 nitrogen and oxygen atoms in total. The highest BCUT2D eigenvalue weighted by Crippen LogP contribution is 2.33. The first-order valence-corrected chi connectivity index (χ1v) is 7.71. The van der Waals surface area contributed by atoms with Gasteiger partial charge in [0.25, 0.3) is 0 Å². The Morgan fingerprint density at radius 3 is 2.58 bits per heavy atom. The number of hydrogen-bond acceptors (Lipinski definition) is 3. The van der Waals surface area contributed by atoms with Crippen molar-refractivity contribution in [1.29, 1.82) is 0 Å². The lowest BCUT2D eigenvalue weighted by Crippen LogP contribution is -2.34. The number of halogens is 3. The van der Waals surface area contributed by atoms with Crippen LogP contribution in [0.25, 0.3) is 0 Å². The second kappa shape index (κ2) is 4.86. The molecule has 0 amide bonds. The normalized spacial score (nSPS) is 24.9. The molecule has 1 aliphatic rings. The molecule has 0 aromatic heterocycles. The average Bonchev–Trinajstić information content (AvgIpc) is 2.67. The van der Waals surface area contributed by atoms with Crippen molar-refractivity contribution in [2.24, 2.45) is 0 Å². The highest BCUT2D eigenvalue weighted by atomic mass is 35.5. The van der Waals surface area contributed by atoms with Gasteiger partial charge < -0.3 is 5.11 Å². The Balaban J connectivity index is 2.44. The fourth-order valence-corrected chi connectivity index (χ4v) is 4.23. The molecular weight excluding hydrogens is 316 g/mol. The fraction of sp³-hybridized carbons (Fsp3) is 0.455. The van der Waals surface area contributed by atoms with Crippen molar-refractivity contribution >= 4 is 33.2 Å². The third-order valence-corrected chi connectivity index (χ3v) is 5.70. The summed E-state index contributed by atoms with van der Waals surface area (Å²) in [7, 11) is -3.94. The summed E-state index contributed by atoms with van der Waals surface area (Å²) in [6.07, 6.45) is 0.319. The maximum absolute atomic E-state index is 13.6. The quantitative estimate of drug-likeness (QED) is 0.848. The van der Waals surface area contributed by atoms with Gasteiger partial charge in [-0.15, -0.1) is 0 Å². The molecule has 1 heterocycles. The minimum atomic E-state index is -3.94. The van der Waals surface area contributed by atoms with Crippen LogP contribution in [0.1, 0.15) is 13.3 Å². The van der Waals surface area contributed by atoms with Crippen LogP contribution in [0.5, 0.6) is 0 Å². The first-order chi connectivity index (χ1) is 8.65. The molecule has 1 unspecified atom stereocenters. The summed E-state index contributed by atoms with van der Waals surface area (Å²) in [5.41, 5.74) is -1.08. The van der Waals surface area contributed by atoms with E-state index in [0.29, 0.717) is 6.42 Å². The predicted octanol–water partition coefficient (Wildman–Crippen LogP) is 2.28. The molecular formula is C11H12Cl2FNO3S. The second-order valence-electron chi connectivity index (χ2n) is 4.76. The van der Waals surface area contributed by atoms with E-state index < -0.39 is 26.5 Å². The fourth-order valence-electron chi connectivity index (χ4n) is 1.96. The summed E-state index contributed by atoms with van der Waals surface area (Å²) in [6, 6.07) is 2.31. The van der Waals surface area contributed by atoms with Gasteiger partial charge in [0.1, 0.15) is 4.90 Å². The molecule has 1 saturated heterocycles. The van der Waals surface area contributed by atoms with E-state index in [4.69, 9.17) is 23.2 Å². The van der Waals surface area contributed by atoms with Crippen molar-refractivity contribution in [3.63, 3.8) is 0 Å². The van der Waals surface area contributed by atoms with Crippen LogP contribution in [0.3, 0.4) is 0 Å². The zero-order valence-electron chi connectivity index (χ0n) is 10.0. The molecule has 1 atom stereocenters. The largest absolute Gasteiger partial charge is 0.389 e. The topological polar surface area (TPSA) is 57.6 Å². The summed E-state index contributed by atoms with van der Waals surface area (Å²) in [6.45, 7) is 1.67. The highest BCUT2D eigenvalue weighted by molar-refractivity contribution is 7.89. The molecule has 0 radical (unpaired) electrons. The highest BCUT2D eigenvalue weighted by Gasteiger charge is 2.39. The number of nitrogens with zero attached hydrogens (tertiary/aromatic N) is 1. The number of aliphatic hydroxyl groups is 1. The Morgan fingerprint density at radius 2 is 2.05 bits per heavy atom. The van der Waals surface area contributed by atoms with E-state index in [9.17, 15) is 17.9 Å². The van der Waals surface area contributed by atoms with Crippen LogP contribution < -0.4 is 0 Å². The number of benzene rings is 1. The van der Waals surface area contributed by atoms with Gasteiger partial charge in [0.15, 0.2) is 5.82 Å². The molecule has 2 rings (SSSR count). The molecule has 1 aliphatic heterocycles. The van der Waals surface area contributed by atoms with Gasteiger partial charge >= 0.3 is 0 Å². The molecule has 0 spiro atoms. The van der Waals surface area contributed by atoms with E-state index in [1.807, 2.05) is 0 Å². The van der Waals surface area contributed by atoms with Gasteiger partial charge in [-0.25, -0.2) is 12.8 Å². The van der Waals surface area contributed by atoms with Crippen molar-refractivity contribution in [3.8, 4) is 0 Å². The summed E-state index contributed by atoms with van der Waals surface area (Å²) in [5, 5.41) is 9.04. The molecule has 0 aliphatic carbocycles. The molecule has 19 heavy (non-hydrogen) atoms. The van der Waals surface area contributed by atoms with Crippen LogP contribution in [0.2, 0.25) is 10.0 Å². The Morgan fingerprint density at radius 1 is 1.42 bits per heavy atom. The molecule has 1 aromatic carbocycles. The van der Waals surface area contributed by atoms with Crippen molar-refractivity contribution in [3.05, 3.63) is 28.0 Å². The summed E-state index contributed by atoms with van der Waals surface area (Å²) >= 11 is 11.2. The van der Waals surface area contributed by atoms with Gasteiger partial charge in [-0.05, 0) is 25.5 Å². The zero-order chi connectivity index (χ0) is 14.4. The lowest BCUT2D eigenvalue weighted by Gasteiger charge is -2.19. The van der Waals surface area contributed by atoms with Crippen LogP contribution in [-0.4, -0.2) is 36.5 Å². The van der Waals surface area contributed by atoms with E-state index in [1.54, 1.807) is 6.92 Å². The van der Waals surface area contributed by atoms with E-state index in [-0.39, 0.29) is 23.0 Å². The van der Waals surface area contributed by atoms with E-state index in [2.05, 4.69) is 0 Å². The Hall–Kier alpha value is -0.400. The number of sulfonamides is 1. The van der Waals surface area contributed by atoms with Crippen molar-refractivity contribution in [2.45, 2.75) is 23.8 Å². The zero-order valence-corrected chi connectivity index (χ0v) is 12.4. The predicted molar refractivity (Wildman–Crippen MR) is 70.4 cm³/mol.